The maximum absolute atomic E-state index is 8.93. The Morgan fingerprint density at radius 2 is 2.07 bits per heavy atom. The van der Waals surface area contributed by atoms with E-state index in [2.05, 4.69) is 18.7 Å². The molecule has 0 bridgehead atoms. The number of aliphatic hydroxyl groups excluding tert-OH is 1. The number of benzene rings is 1. The summed E-state index contributed by atoms with van der Waals surface area (Å²) in [6.45, 7) is 4.25. The molecule has 2 nitrogen and oxygen atoms in total. The van der Waals surface area contributed by atoms with Gasteiger partial charge in [0.25, 0.3) is 0 Å². The average molecular weight is 214 g/mol. The molecule has 1 rings (SSSR count). The molecule has 0 atom stereocenters. The standard InChI is InChI=1S/C11H16ClNO/c1-8(2)13(3)11-5-4-9(7-14)6-10(11)12/h4-6,8,14H,7H2,1-3H3. The van der Waals surface area contributed by atoms with Gasteiger partial charge in [0.2, 0.25) is 0 Å². The van der Waals surface area contributed by atoms with E-state index in [-0.39, 0.29) is 6.61 Å². The van der Waals surface area contributed by atoms with Crippen molar-refractivity contribution < 1.29 is 5.11 Å². The second kappa shape index (κ2) is 4.67. The van der Waals surface area contributed by atoms with Gasteiger partial charge in [0, 0.05) is 13.1 Å². The molecule has 0 heterocycles. The van der Waals surface area contributed by atoms with E-state index >= 15 is 0 Å². The Morgan fingerprint density at radius 3 is 2.50 bits per heavy atom. The molecule has 0 amide bonds. The number of aliphatic hydroxyl groups is 1. The molecule has 0 saturated heterocycles. The van der Waals surface area contributed by atoms with Gasteiger partial charge in [-0.3, -0.25) is 0 Å². The van der Waals surface area contributed by atoms with Crippen LogP contribution in [0.4, 0.5) is 5.69 Å². The molecule has 1 N–H and O–H groups in total. The molecule has 0 aliphatic carbocycles. The fourth-order valence-corrected chi connectivity index (χ4v) is 1.55. The molecule has 0 fully saturated rings. The van der Waals surface area contributed by atoms with Gasteiger partial charge in [0.05, 0.1) is 17.3 Å². The van der Waals surface area contributed by atoms with Crippen LogP contribution in [0.3, 0.4) is 0 Å². The van der Waals surface area contributed by atoms with E-state index in [9.17, 15) is 0 Å². The van der Waals surface area contributed by atoms with Gasteiger partial charge in [-0.1, -0.05) is 17.7 Å². The van der Waals surface area contributed by atoms with E-state index in [0.717, 1.165) is 11.3 Å². The molecule has 0 radical (unpaired) electrons. The van der Waals surface area contributed by atoms with Crippen LogP contribution >= 0.6 is 11.6 Å². The predicted molar refractivity (Wildman–Crippen MR) is 60.9 cm³/mol. The van der Waals surface area contributed by atoms with Crippen LogP contribution < -0.4 is 4.90 Å². The summed E-state index contributed by atoms with van der Waals surface area (Å²) >= 11 is 6.09. The highest BCUT2D eigenvalue weighted by atomic mass is 35.5. The summed E-state index contributed by atoms with van der Waals surface area (Å²) in [6, 6.07) is 6.04. The van der Waals surface area contributed by atoms with E-state index in [0.29, 0.717) is 11.1 Å². The Hall–Kier alpha value is -0.730. The van der Waals surface area contributed by atoms with Crippen LogP contribution in [0.15, 0.2) is 18.2 Å². The van der Waals surface area contributed by atoms with Gasteiger partial charge in [-0.25, -0.2) is 0 Å². The first-order chi connectivity index (χ1) is 6.56. The van der Waals surface area contributed by atoms with Crippen molar-refractivity contribution in [3.63, 3.8) is 0 Å². The SMILES string of the molecule is CC(C)N(C)c1ccc(CO)cc1Cl. The van der Waals surface area contributed by atoms with Crippen LogP contribution in [-0.4, -0.2) is 18.2 Å². The van der Waals surface area contributed by atoms with Crippen LogP contribution in [0, 0.1) is 0 Å². The molecular formula is C11H16ClNO. The number of rotatable bonds is 3. The monoisotopic (exact) mass is 213 g/mol. The molecule has 0 unspecified atom stereocenters. The van der Waals surface area contributed by atoms with Crippen molar-refractivity contribution in [2.24, 2.45) is 0 Å². The topological polar surface area (TPSA) is 23.5 Å². The Bertz CT molecular complexity index is 312. The average Bonchev–Trinajstić information content (AvgIpc) is 2.16. The van der Waals surface area contributed by atoms with Crippen LogP contribution in [0.25, 0.3) is 0 Å². The second-order valence-electron chi connectivity index (χ2n) is 3.65. The summed E-state index contributed by atoms with van der Waals surface area (Å²) in [4.78, 5) is 2.10. The van der Waals surface area contributed by atoms with Crippen molar-refractivity contribution in [3.05, 3.63) is 28.8 Å². The fourth-order valence-electron chi connectivity index (χ4n) is 1.21. The molecule has 1 aromatic carbocycles. The number of hydrogen-bond acceptors (Lipinski definition) is 2. The summed E-state index contributed by atoms with van der Waals surface area (Å²) in [5.74, 6) is 0. The van der Waals surface area contributed by atoms with Gasteiger partial charge in [-0.2, -0.15) is 0 Å². The summed E-state index contributed by atoms with van der Waals surface area (Å²) in [5, 5.41) is 9.62. The zero-order valence-corrected chi connectivity index (χ0v) is 9.54. The smallest absolute Gasteiger partial charge is 0.0682 e. The van der Waals surface area contributed by atoms with Crippen LogP contribution in [0.1, 0.15) is 19.4 Å². The van der Waals surface area contributed by atoms with E-state index < -0.39 is 0 Å². The Labute approximate surface area is 90.1 Å². The predicted octanol–water partition coefficient (Wildman–Crippen LogP) is 2.68. The van der Waals surface area contributed by atoms with Gasteiger partial charge in [-0.15, -0.1) is 0 Å². The molecule has 3 heteroatoms. The zero-order valence-electron chi connectivity index (χ0n) is 8.79. The first kappa shape index (κ1) is 11.3. The summed E-state index contributed by atoms with van der Waals surface area (Å²) in [7, 11) is 2.00. The largest absolute Gasteiger partial charge is 0.392 e. The third-order valence-corrected chi connectivity index (χ3v) is 2.65. The summed E-state index contributed by atoms with van der Waals surface area (Å²) in [6.07, 6.45) is 0. The maximum Gasteiger partial charge on any atom is 0.0682 e. The van der Waals surface area contributed by atoms with E-state index in [4.69, 9.17) is 16.7 Å². The van der Waals surface area contributed by atoms with Gasteiger partial charge in [0.1, 0.15) is 0 Å². The van der Waals surface area contributed by atoms with Gasteiger partial charge < -0.3 is 10.0 Å². The van der Waals surface area contributed by atoms with Crippen molar-refractivity contribution in [3.8, 4) is 0 Å². The molecule has 0 aliphatic heterocycles. The maximum atomic E-state index is 8.93. The Morgan fingerprint density at radius 1 is 1.43 bits per heavy atom. The van der Waals surface area contributed by atoms with Crippen molar-refractivity contribution in [1.82, 2.24) is 0 Å². The minimum Gasteiger partial charge on any atom is -0.392 e. The lowest BCUT2D eigenvalue weighted by molar-refractivity contribution is 0.282. The number of anilines is 1. The minimum absolute atomic E-state index is 0.0331. The van der Waals surface area contributed by atoms with Gasteiger partial charge in [0.15, 0.2) is 0 Å². The highest BCUT2D eigenvalue weighted by molar-refractivity contribution is 6.33. The first-order valence-electron chi connectivity index (χ1n) is 4.68. The normalized spacial score (nSPS) is 10.7. The molecular weight excluding hydrogens is 198 g/mol. The molecule has 0 aliphatic rings. The van der Waals surface area contributed by atoms with Crippen molar-refractivity contribution >= 4 is 17.3 Å². The van der Waals surface area contributed by atoms with Crippen LogP contribution in [0.2, 0.25) is 5.02 Å². The van der Waals surface area contributed by atoms with Gasteiger partial charge >= 0.3 is 0 Å². The first-order valence-corrected chi connectivity index (χ1v) is 5.06. The Balaban J connectivity index is 2.99. The third-order valence-electron chi connectivity index (χ3n) is 2.35. The molecule has 0 aromatic heterocycles. The highest BCUT2D eigenvalue weighted by Gasteiger charge is 2.09. The van der Waals surface area contributed by atoms with Crippen LogP contribution in [0.5, 0.6) is 0 Å². The molecule has 0 saturated carbocycles. The molecule has 1 aromatic rings. The van der Waals surface area contributed by atoms with E-state index in [1.165, 1.54) is 0 Å². The van der Waals surface area contributed by atoms with Crippen LogP contribution in [-0.2, 0) is 6.61 Å². The van der Waals surface area contributed by atoms with Crippen molar-refractivity contribution in [1.29, 1.82) is 0 Å². The minimum atomic E-state index is 0.0331. The zero-order chi connectivity index (χ0) is 10.7. The quantitative estimate of drug-likeness (QED) is 0.835. The van der Waals surface area contributed by atoms with E-state index in [1.807, 2.05) is 19.2 Å². The van der Waals surface area contributed by atoms with Gasteiger partial charge in [-0.05, 0) is 31.5 Å². The Kier molecular flexibility index (Phi) is 3.78. The summed E-state index contributed by atoms with van der Waals surface area (Å²) < 4.78 is 0. The number of hydrogen-bond donors (Lipinski definition) is 1. The molecule has 78 valence electrons. The third kappa shape index (κ3) is 2.40. The number of halogens is 1. The lowest BCUT2D eigenvalue weighted by Gasteiger charge is -2.25. The lowest BCUT2D eigenvalue weighted by atomic mass is 10.2. The molecule has 0 spiro atoms. The molecule has 14 heavy (non-hydrogen) atoms. The fraction of sp³-hybridized carbons (Fsp3) is 0.455. The van der Waals surface area contributed by atoms with Crippen molar-refractivity contribution in [2.45, 2.75) is 26.5 Å². The number of nitrogens with zero attached hydrogens (tertiary/aromatic N) is 1. The lowest BCUT2D eigenvalue weighted by Crippen LogP contribution is -2.25. The highest BCUT2D eigenvalue weighted by Crippen LogP contribution is 2.27. The summed E-state index contributed by atoms with van der Waals surface area (Å²) in [5.41, 5.74) is 1.84. The second-order valence-corrected chi connectivity index (χ2v) is 4.06. The van der Waals surface area contributed by atoms with Crippen molar-refractivity contribution in [2.75, 3.05) is 11.9 Å². The van der Waals surface area contributed by atoms with E-state index in [1.54, 1.807) is 6.07 Å².